The van der Waals surface area contributed by atoms with Crippen LogP contribution in [0.1, 0.15) is 24.5 Å². The number of carbonyl (C=O) groups excluding carboxylic acids is 1. The van der Waals surface area contributed by atoms with Crippen molar-refractivity contribution in [1.29, 1.82) is 0 Å². The fourth-order valence-corrected chi connectivity index (χ4v) is 1.99. The van der Waals surface area contributed by atoms with Gasteiger partial charge in [-0.25, -0.2) is 0 Å². The van der Waals surface area contributed by atoms with Crippen molar-refractivity contribution in [3.05, 3.63) is 29.3 Å². The SMILES string of the molecule is CCC(CNCc1cc(C)ccc1OC)C(=O)OC. The standard InChI is InChI=1S/C15H23NO3/c1-5-12(15(17)19-4)9-16-10-13-8-11(2)6-7-14(13)18-3/h6-8,12,16H,5,9-10H2,1-4H3. The normalized spacial score (nSPS) is 12.0. The van der Waals surface area contributed by atoms with Crippen LogP contribution < -0.4 is 10.1 Å². The molecule has 1 aromatic carbocycles. The average molecular weight is 265 g/mol. The van der Waals surface area contributed by atoms with Gasteiger partial charge in [0.2, 0.25) is 0 Å². The molecule has 19 heavy (non-hydrogen) atoms. The number of carbonyl (C=O) groups is 1. The number of hydrogen-bond donors (Lipinski definition) is 1. The van der Waals surface area contributed by atoms with Crippen molar-refractivity contribution < 1.29 is 14.3 Å². The smallest absolute Gasteiger partial charge is 0.309 e. The summed E-state index contributed by atoms with van der Waals surface area (Å²) in [5.41, 5.74) is 2.29. The van der Waals surface area contributed by atoms with Gasteiger partial charge in [0.25, 0.3) is 0 Å². The Morgan fingerprint density at radius 2 is 2.11 bits per heavy atom. The highest BCUT2D eigenvalue weighted by atomic mass is 16.5. The van der Waals surface area contributed by atoms with E-state index >= 15 is 0 Å². The van der Waals surface area contributed by atoms with E-state index in [1.165, 1.54) is 12.7 Å². The molecule has 1 unspecified atom stereocenters. The van der Waals surface area contributed by atoms with Crippen molar-refractivity contribution >= 4 is 5.97 Å². The second kappa shape index (κ2) is 7.79. The Kier molecular flexibility index (Phi) is 6.36. The van der Waals surface area contributed by atoms with Gasteiger partial charge in [-0.15, -0.1) is 0 Å². The molecule has 0 fully saturated rings. The van der Waals surface area contributed by atoms with Crippen molar-refractivity contribution in [1.82, 2.24) is 5.32 Å². The van der Waals surface area contributed by atoms with Gasteiger partial charge >= 0.3 is 5.97 Å². The molecule has 0 aliphatic rings. The van der Waals surface area contributed by atoms with E-state index in [-0.39, 0.29) is 11.9 Å². The summed E-state index contributed by atoms with van der Waals surface area (Å²) in [6.07, 6.45) is 0.768. The third-order valence-electron chi connectivity index (χ3n) is 3.17. The zero-order chi connectivity index (χ0) is 14.3. The molecule has 0 saturated heterocycles. The minimum atomic E-state index is -0.161. The first-order chi connectivity index (χ1) is 9.12. The Morgan fingerprint density at radius 1 is 1.37 bits per heavy atom. The number of esters is 1. The zero-order valence-electron chi connectivity index (χ0n) is 12.2. The summed E-state index contributed by atoms with van der Waals surface area (Å²) < 4.78 is 10.1. The van der Waals surface area contributed by atoms with E-state index in [0.717, 1.165) is 17.7 Å². The second-order valence-corrected chi connectivity index (χ2v) is 4.57. The van der Waals surface area contributed by atoms with E-state index in [1.807, 2.05) is 26.0 Å². The van der Waals surface area contributed by atoms with Gasteiger partial charge in [-0.2, -0.15) is 0 Å². The molecule has 0 heterocycles. The maximum atomic E-state index is 11.5. The molecule has 4 nitrogen and oxygen atoms in total. The first kappa shape index (κ1) is 15.5. The number of rotatable bonds is 7. The largest absolute Gasteiger partial charge is 0.496 e. The van der Waals surface area contributed by atoms with E-state index in [9.17, 15) is 4.79 Å². The summed E-state index contributed by atoms with van der Waals surface area (Å²) in [4.78, 5) is 11.5. The monoisotopic (exact) mass is 265 g/mol. The number of methoxy groups -OCH3 is 2. The van der Waals surface area contributed by atoms with Crippen LogP contribution in [-0.2, 0) is 16.1 Å². The van der Waals surface area contributed by atoms with Crippen molar-refractivity contribution in [2.45, 2.75) is 26.8 Å². The Balaban J connectivity index is 2.57. The van der Waals surface area contributed by atoms with Crippen LogP contribution in [0.15, 0.2) is 18.2 Å². The molecule has 0 radical (unpaired) electrons. The first-order valence-corrected chi connectivity index (χ1v) is 6.54. The van der Waals surface area contributed by atoms with Crippen molar-refractivity contribution in [2.75, 3.05) is 20.8 Å². The number of aryl methyl sites for hydroxylation is 1. The third-order valence-corrected chi connectivity index (χ3v) is 3.17. The lowest BCUT2D eigenvalue weighted by molar-refractivity contribution is -0.145. The van der Waals surface area contributed by atoms with Crippen LogP contribution in [-0.4, -0.2) is 26.7 Å². The molecule has 0 amide bonds. The van der Waals surface area contributed by atoms with Crippen molar-refractivity contribution in [3.63, 3.8) is 0 Å². The molecule has 0 aliphatic heterocycles. The predicted molar refractivity (Wildman–Crippen MR) is 75.2 cm³/mol. The van der Waals surface area contributed by atoms with Crippen LogP contribution in [0, 0.1) is 12.8 Å². The minimum Gasteiger partial charge on any atom is -0.496 e. The summed E-state index contributed by atoms with van der Waals surface area (Å²) in [6, 6.07) is 6.07. The van der Waals surface area contributed by atoms with Gasteiger partial charge < -0.3 is 14.8 Å². The fourth-order valence-electron chi connectivity index (χ4n) is 1.99. The van der Waals surface area contributed by atoms with Gasteiger partial charge in [-0.1, -0.05) is 24.6 Å². The van der Waals surface area contributed by atoms with Gasteiger partial charge in [0, 0.05) is 18.7 Å². The van der Waals surface area contributed by atoms with Gasteiger partial charge in [-0.3, -0.25) is 4.79 Å². The lowest BCUT2D eigenvalue weighted by atomic mass is 10.1. The predicted octanol–water partition coefficient (Wildman–Crippen LogP) is 2.29. The zero-order valence-corrected chi connectivity index (χ0v) is 12.2. The molecule has 1 aromatic rings. The van der Waals surface area contributed by atoms with E-state index in [0.29, 0.717) is 13.1 Å². The molecule has 0 spiro atoms. The maximum absolute atomic E-state index is 11.5. The van der Waals surface area contributed by atoms with Gasteiger partial charge in [0.05, 0.1) is 20.1 Å². The highest BCUT2D eigenvalue weighted by molar-refractivity contribution is 5.72. The molecule has 0 aliphatic carbocycles. The van der Waals surface area contributed by atoms with Crippen LogP contribution in [0.3, 0.4) is 0 Å². The molecule has 1 atom stereocenters. The van der Waals surface area contributed by atoms with Crippen LogP contribution in [0.25, 0.3) is 0 Å². The van der Waals surface area contributed by atoms with Crippen LogP contribution in [0.4, 0.5) is 0 Å². The molecule has 0 saturated carbocycles. The molecule has 1 rings (SSSR count). The van der Waals surface area contributed by atoms with Crippen LogP contribution in [0.5, 0.6) is 5.75 Å². The highest BCUT2D eigenvalue weighted by Gasteiger charge is 2.16. The Morgan fingerprint density at radius 3 is 2.68 bits per heavy atom. The topological polar surface area (TPSA) is 47.6 Å². The minimum absolute atomic E-state index is 0.0965. The van der Waals surface area contributed by atoms with E-state index in [2.05, 4.69) is 11.4 Å². The third kappa shape index (κ3) is 4.56. The summed E-state index contributed by atoms with van der Waals surface area (Å²) in [5.74, 6) is 0.608. The lowest BCUT2D eigenvalue weighted by Gasteiger charge is -2.15. The quantitative estimate of drug-likeness (QED) is 0.768. The highest BCUT2D eigenvalue weighted by Crippen LogP contribution is 2.19. The van der Waals surface area contributed by atoms with Crippen molar-refractivity contribution in [3.8, 4) is 5.75 Å². The molecule has 1 N–H and O–H groups in total. The Labute approximate surface area is 115 Å². The number of ether oxygens (including phenoxy) is 2. The summed E-state index contributed by atoms with van der Waals surface area (Å²) in [6.45, 7) is 5.32. The molecule has 0 aromatic heterocycles. The lowest BCUT2D eigenvalue weighted by Crippen LogP contribution is -2.28. The van der Waals surface area contributed by atoms with Crippen molar-refractivity contribution in [2.24, 2.45) is 5.92 Å². The van der Waals surface area contributed by atoms with E-state index in [1.54, 1.807) is 7.11 Å². The fraction of sp³-hybridized carbons (Fsp3) is 0.533. The Hall–Kier alpha value is -1.55. The molecular formula is C15H23NO3. The maximum Gasteiger partial charge on any atom is 0.309 e. The van der Waals surface area contributed by atoms with Gasteiger partial charge in [-0.05, 0) is 19.4 Å². The van der Waals surface area contributed by atoms with Gasteiger partial charge in [0.1, 0.15) is 5.75 Å². The average Bonchev–Trinajstić information content (AvgIpc) is 2.43. The summed E-state index contributed by atoms with van der Waals surface area (Å²) in [5, 5.41) is 3.29. The molecule has 0 bridgehead atoms. The summed E-state index contributed by atoms with van der Waals surface area (Å²) >= 11 is 0. The second-order valence-electron chi connectivity index (χ2n) is 4.57. The molecule has 106 valence electrons. The van der Waals surface area contributed by atoms with Gasteiger partial charge in [0.15, 0.2) is 0 Å². The van der Waals surface area contributed by atoms with Crippen LogP contribution >= 0.6 is 0 Å². The summed E-state index contributed by atoms with van der Waals surface area (Å²) in [7, 11) is 3.09. The van der Waals surface area contributed by atoms with E-state index in [4.69, 9.17) is 9.47 Å². The first-order valence-electron chi connectivity index (χ1n) is 6.54. The van der Waals surface area contributed by atoms with Crippen LogP contribution in [0.2, 0.25) is 0 Å². The molecule has 4 heteroatoms. The number of benzene rings is 1. The molecular weight excluding hydrogens is 242 g/mol. The number of nitrogens with one attached hydrogen (secondary N) is 1. The van der Waals surface area contributed by atoms with E-state index < -0.39 is 0 Å². The number of hydrogen-bond acceptors (Lipinski definition) is 4. The Bertz CT molecular complexity index is 418.